The smallest absolute Gasteiger partial charge is 0.382 e. The average Bonchev–Trinajstić information content (AvgIpc) is 2.57. The Morgan fingerprint density at radius 3 is 2.75 bits per heavy atom. The van der Waals surface area contributed by atoms with Gasteiger partial charge in [0, 0.05) is 32.0 Å². The highest BCUT2D eigenvalue weighted by molar-refractivity contribution is 4.88. The van der Waals surface area contributed by atoms with Crippen molar-refractivity contribution in [2.75, 3.05) is 13.1 Å². The average molecular weight is 237 g/mol. The first-order valence-electron chi connectivity index (χ1n) is 4.84. The van der Waals surface area contributed by atoms with Crippen molar-refractivity contribution in [1.82, 2.24) is 14.9 Å². The highest BCUT2D eigenvalue weighted by atomic mass is 19.4. The molecule has 0 saturated heterocycles. The monoisotopic (exact) mass is 237 g/mol. The second kappa shape index (κ2) is 5.31. The largest absolute Gasteiger partial charge is 0.415 e. The number of halogens is 3. The molecule has 0 aromatic carbocycles. The third-order valence-corrected chi connectivity index (χ3v) is 2.17. The molecule has 16 heavy (non-hydrogen) atoms. The lowest BCUT2D eigenvalue weighted by Gasteiger charge is -2.15. The molecule has 1 aromatic rings. The first-order valence-corrected chi connectivity index (χ1v) is 4.84. The standard InChI is InChI=1S/C9H14F3N3O/c1-7-14-3-5-15(7)4-2-13-6-8(16)9(10,11)12/h3,5,8,13,16H,2,4,6H2,1H3. The second-order valence-corrected chi connectivity index (χ2v) is 3.43. The topological polar surface area (TPSA) is 50.1 Å². The zero-order valence-electron chi connectivity index (χ0n) is 8.83. The van der Waals surface area contributed by atoms with Crippen LogP contribution in [0.2, 0.25) is 0 Å². The first-order chi connectivity index (χ1) is 7.41. The van der Waals surface area contributed by atoms with Gasteiger partial charge in [0.2, 0.25) is 0 Å². The van der Waals surface area contributed by atoms with Gasteiger partial charge in [0.1, 0.15) is 5.82 Å². The summed E-state index contributed by atoms with van der Waals surface area (Å²) < 4.78 is 37.5. The van der Waals surface area contributed by atoms with Crippen LogP contribution in [0.15, 0.2) is 12.4 Å². The molecule has 1 unspecified atom stereocenters. The lowest BCUT2D eigenvalue weighted by Crippen LogP contribution is -2.39. The summed E-state index contributed by atoms with van der Waals surface area (Å²) in [4.78, 5) is 3.98. The third kappa shape index (κ3) is 3.82. The van der Waals surface area contributed by atoms with E-state index in [0.29, 0.717) is 13.1 Å². The van der Waals surface area contributed by atoms with E-state index in [1.54, 1.807) is 12.4 Å². The normalized spacial score (nSPS) is 14.1. The number of alkyl halides is 3. The number of imidazole rings is 1. The minimum atomic E-state index is -4.56. The molecule has 1 atom stereocenters. The first kappa shape index (κ1) is 13.0. The molecule has 4 nitrogen and oxygen atoms in total. The van der Waals surface area contributed by atoms with E-state index < -0.39 is 18.8 Å². The Hall–Kier alpha value is -1.08. The van der Waals surface area contributed by atoms with E-state index in [0.717, 1.165) is 5.82 Å². The van der Waals surface area contributed by atoms with E-state index in [-0.39, 0.29) is 0 Å². The van der Waals surface area contributed by atoms with Gasteiger partial charge in [-0.05, 0) is 6.92 Å². The Morgan fingerprint density at radius 2 is 2.25 bits per heavy atom. The molecule has 0 aliphatic carbocycles. The fourth-order valence-corrected chi connectivity index (χ4v) is 1.19. The summed E-state index contributed by atoms with van der Waals surface area (Å²) in [7, 11) is 0. The van der Waals surface area contributed by atoms with E-state index in [1.807, 2.05) is 11.5 Å². The quantitative estimate of drug-likeness (QED) is 0.741. The molecule has 0 saturated carbocycles. The predicted octanol–water partition coefficient (Wildman–Crippen LogP) is 0.704. The molecule has 1 heterocycles. The van der Waals surface area contributed by atoms with Gasteiger partial charge >= 0.3 is 6.18 Å². The van der Waals surface area contributed by atoms with E-state index in [2.05, 4.69) is 10.3 Å². The minimum Gasteiger partial charge on any atom is -0.382 e. The van der Waals surface area contributed by atoms with Crippen LogP contribution in [-0.4, -0.2) is 40.0 Å². The van der Waals surface area contributed by atoms with Crippen molar-refractivity contribution in [3.63, 3.8) is 0 Å². The summed E-state index contributed by atoms with van der Waals surface area (Å²) in [5.41, 5.74) is 0. The number of aliphatic hydroxyl groups is 1. The summed E-state index contributed by atoms with van der Waals surface area (Å²) in [5.74, 6) is 0.804. The summed E-state index contributed by atoms with van der Waals surface area (Å²) >= 11 is 0. The molecule has 92 valence electrons. The van der Waals surface area contributed by atoms with E-state index in [4.69, 9.17) is 5.11 Å². The van der Waals surface area contributed by atoms with Crippen LogP contribution in [0.4, 0.5) is 13.2 Å². The SMILES string of the molecule is Cc1nccn1CCNCC(O)C(F)(F)F. The molecule has 1 aromatic heterocycles. The molecule has 7 heteroatoms. The fourth-order valence-electron chi connectivity index (χ4n) is 1.19. The number of aliphatic hydroxyl groups excluding tert-OH is 1. The van der Waals surface area contributed by atoms with Crippen LogP contribution in [-0.2, 0) is 6.54 Å². The van der Waals surface area contributed by atoms with Gasteiger partial charge < -0.3 is 15.0 Å². The van der Waals surface area contributed by atoms with Crippen LogP contribution in [0.1, 0.15) is 5.82 Å². The van der Waals surface area contributed by atoms with Crippen LogP contribution in [0, 0.1) is 6.92 Å². The lowest BCUT2D eigenvalue weighted by atomic mass is 10.3. The summed E-state index contributed by atoms with van der Waals surface area (Å²) in [6.07, 6.45) is -3.49. The molecule has 1 rings (SSSR count). The number of hydrogen-bond donors (Lipinski definition) is 2. The van der Waals surface area contributed by atoms with Gasteiger partial charge in [0.25, 0.3) is 0 Å². The maximum absolute atomic E-state index is 11.9. The molecule has 0 bridgehead atoms. The van der Waals surface area contributed by atoms with Gasteiger partial charge in [-0.25, -0.2) is 4.98 Å². The minimum absolute atomic E-state index is 0.352. The van der Waals surface area contributed by atoms with Crippen LogP contribution in [0.25, 0.3) is 0 Å². The van der Waals surface area contributed by atoms with Gasteiger partial charge in [-0.3, -0.25) is 0 Å². The highest BCUT2D eigenvalue weighted by Crippen LogP contribution is 2.18. The van der Waals surface area contributed by atoms with Crippen LogP contribution < -0.4 is 5.32 Å². The van der Waals surface area contributed by atoms with Crippen LogP contribution in [0.3, 0.4) is 0 Å². The number of aromatic nitrogens is 2. The van der Waals surface area contributed by atoms with Crippen molar-refractivity contribution >= 4 is 0 Å². The molecule has 0 amide bonds. The Labute approximate surface area is 91.1 Å². The summed E-state index contributed by atoms with van der Waals surface area (Å²) in [6, 6.07) is 0. The molecule has 0 spiro atoms. The van der Waals surface area contributed by atoms with Crippen molar-refractivity contribution in [3.8, 4) is 0 Å². The lowest BCUT2D eigenvalue weighted by molar-refractivity contribution is -0.201. The van der Waals surface area contributed by atoms with Gasteiger partial charge in [-0.15, -0.1) is 0 Å². The molecular weight excluding hydrogens is 223 g/mol. The molecule has 2 N–H and O–H groups in total. The Kier molecular flexibility index (Phi) is 4.31. The zero-order chi connectivity index (χ0) is 12.2. The van der Waals surface area contributed by atoms with Crippen molar-refractivity contribution < 1.29 is 18.3 Å². The number of nitrogens with one attached hydrogen (secondary N) is 1. The number of hydrogen-bond acceptors (Lipinski definition) is 3. The predicted molar refractivity (Wildman–Crippen MR) is 51.9 cm³/mol. The van der Waals surface area contributed by atoms with Gasteiger partial charge in [-0.1, -0.05) is 0 Å². The van der Waals surface area contributed by atoms with Gasteiger partial charge in [0.15, 0.2) is 6.10 Å². The number of aryl methyl sites for hydroxylation is 1. The third-order valence-electron chi connectivity index (χ3n) is 2.17. The van der Waals surface area contributed by atoms with Gasteiger partial charge in [0.05, 0.1) is 0 Å². The van der Waals surface area contributed by atoms with Crippen molar-refractivity contribution in [3.05, 3.63) is 18.2 Å². The maximum Gasteiger partial charge on any atom is 0.415 e. The second-order valence-electron chi connectivity index (χ2n) is 3.43. The van der Waals surface area contributed by atoms with Crippen LogP contribution >= 0.6 is 0 Å². The molecule has 0 aliphatic heterocycles. The Morgan fingerprint density at radius 1 is 1.56 bits per heavy atom. The number of rotatable bonds is 5. The van der Waals surface area contributed by atoms with E-state index in [1.165, 1.54) is 0 Å². The fraction of sp³-hybridized carbons (Fsp3) is 0.667. The summed E-state index contributed by atoms with van der Waals surface area (Å²) in [6.45, 7) is 2.20. The molecular formula is C9H14F3N3O. The maximum atomic E-state index is 11.9. The van der Waals surface area contributed by atoms with Crippen LogP contribution in [0.5, 0.6) is 0 Å². The van der Waals surface area contributed by atoms with Crippen molar-refractivity contribution in [2.24, 2.45) is 0 Å². The molecule has 0 radical (unpaired) electrons. The molecule has 0 aliphatic rings. The van der Waals surface area contributed by atoms with Gasteiger partial charge in [-0.2, -0.15) is 13.2 Å². The zero-order valence-corrected chi connectivity index (χ0v) is 8.83. The Bertz CT molecular complexity index is 324. The number of nitrogens with zero attached hydrogens (tertiary/aromatic N) is 2. The molecule has 0 fully saturated rings. The van der Waals surface area contributed by atoms with Crippen molar-refractivity contribution in [2.45, 2.75) is 25.7 Å². The van der Waals surface area contributed by atoms with Crippen molar-refractivity contribution in [1.29, 1.82) is 0 Å². The highest BCUT2D eigenvalue weighted by Gasteiger charge is 2.37. The van der Waals surface area contributed by atoms with E-state index in [9.17, 15) is 13.2 Å². The summed E-state index contributed by atoms with van der Waals surface area (Å²) in [5, 5.41) is 11.2. The van der Waals surface area contributed by atoms with E-state index >= 15 is 0 Å². The Balaban J connectivity index is 2.20.